The van der Waals surface area contributed by atoms with Crippen LogP contribution < -0.4 is 10.2 Å². The molecule has 0 bridgehead atoms. The van der Waals surface area contributed by atoms with Gasteiger partial charge in [0.1, 0.15) is 12.4 Å². The molecule has 1 fully saturated rings. The summed E-state index contributed by atoms with van der Waals surface area (Å²) in [5, 5.41) is 2.72. The fourth-order valence-electron chi connectivity index (χ4n) is 2.34. The highest BCUT2D eigenvalue weighted by atomic mass is 16.5. The number of aromatic nitrogens is 1. The summed E-state index contributed by atoms with van der Waals surface area (Å²) < 4.78 is 10.5. The molecular weight excluding hydrogens is 258 g/mol. The van der Waals surface area contributed by atoms with Crippen LogP contribution in [0.15, 0.2) is 18.3 Å². The van der Waals surface area contributed by atoms with E-state index in [1.807, 2.05) is 12.1 Å². The first-order valence-corrected chi connectivity index (χ1v) is 6.73. The summed E-state index contributed by atoms with van der Waals surface area (Å²) in [4.78, 5) is 18.0. The molecule has 2 unspecified atom stereocenters. The molecule has 0 aliphatic carbocycles. The minimum atomic E-state index is -0.185. The Kier molecular flexibility index (Phi) is 4.92. The Labute approximate surface area is 119 Å². The van der Waals surface area contributed by atoms with Crippen molar-refractivity contribution in [3.05, 3.63) is 18.3 Å². The number of nitrogens with zero attached hydrogens (tertiary/aromatic N) is 2. The number of ether oxygens (including phenoxy) is 2. The van der Waals surface area contributed by atoms with Crippen LogP contribution in [-0.4, -0.2) is 49.9 Å². The molecule has 20 heavy (non-hydrogen) atoms. The number of carbonyl (C=O) groups excluding carboxylic acids is 1. The summed E-state index contributed by atoms with van der Waals surface area (Å²) >= 11 is 0. The van der Waals surface area contributed by atoms with E-state index in [1.165, 1.54) is 7.11 Å². The monoisotopic (exact) mass is 279 g/mol. The summed E-state index contributed by atoms with van der Waals surface area (Å²) in [5.41, 5.74) is 0.671. The van der Waals surface area contributed by atoms with Crippen molar-refractivity contribution in [3.63, 3.8) is 0 Å². The van der Waals surface area contributed by atoms with Gasteiger partial charge in [-0.1, -0.05) is 0 Å². The van der Waals surface area contributed by atoms with Crippen LogP contribution >= 0.6 is 0 Å². The Morgan fingerprint density at radius 3 is 2.70 bits per heavy atom. The maximum absolute atomic E-state index is 11.4. The highest BCUT2D eigenvalue weighted by molar-refractivity contribution is 5.91. The molecule has 1 N–H and O–H groups in total. The third-order valence-corrected chi connectivity index (χ3v) is 3.05. The van der Waals surface area contributed by atoms with E-state index in [2.05, 4.69) is 29.0 Å². The van der Waals surface area contributed by atoms with Crippen molar-refractivity contribution < 1.29 is 14.3 Å². The summed E-state index contributed by atoms with van der Waals surface area (Å²) in [6.45, 7) is 5.81. The third-order valence-electron chi connectivity index (χ3n) is 3.05. The van der Waals surface area contributed by atoms with E-state index < -0.39 is 0 Å². The molecule has 2 atom stereocenters. The predicted molar refractivity (Wildman–Crippen MR) is 77.0 cm³/mol. The number of hydrogen-bond donors (Lipinski definition) is 1. The SMILES string of the molecule is COCC(=O)Nc1ccc(N2CC(C)OC(C)C2)nc1. The Morgan fingerprint density at radius 2 is 2.15 bits per heavy atom. The summed E-state index contributed by atoms with van der Waals surface area (Å²) in [6, 6.07) is 3.76. The van der Waals surface area contributed by atoms with Crippen molar-refractivity contribution >= 4 is 17.4 Å². The highest BCUT2D eigenvalue weighted by Gasteiger charge is 2.22. The Hall–Kier alpha value is -1.66. The number of methoxy groups -OCH3 is 1. The lowest BCUT2D eigenvalue weighted by atomic mass is 10.2. The Balaban J connectivity index is 1.99. The van der Waals surface area contributed by atoms with E-state index in [1.54, 1.807) is 6.20 Å². The molecule has 1 aliphatic rings. The van der Waals surface area contributed by atoms with E-state index in [4.69, 9.17) is 9.47 Å². The van der Waals surface area contributed by atoms with Crippen molar-refractivity contribution in [2.24, 2.45) is 0 Å². The fourth-order valence-corrected chi connectivity index (χ4v) is 2.34. The molecule has 0 saturated carbocycles. The lowest BCUT2D eigenvalue weighted by molar-refractivity contribution is -0.119. The molecule has 2 heterocycles. The van der Waals surface area contributed by atoms with Crippen LogP contribution in [0.2, 0.25) is 0 Å². The van der Waals surface area contributed by atoms with E-state index in [0.29, 0.717) is 5.69 Å². The summed E-state index contributed by atoms with van der Waals surface area (Å²) in [7, 11) is 1.49. The molecule has 1 saturated heterocycles. The van der Waals surface area contributed by atoms with Gasteiger partial charge in [0, 0.05) is 20.2 Å². The molecule has 0 spiro atoms. The van der Waals surface area contributed by atoms with Crippen LogP contribution in [0, 0.1) is 0 Å². The van der Waals surface area contributed by atoms with E-state index in [-0.39, 0.29) is 24.7 Å². The quantitative estimate of drug-likeness (QED) is 0.899. The van der Waals surface area contributed by atoms with Gasteiger partial charge in [-0.15, -0.1) is 0 Å². The lowest BCUT2D eigenvalue weighted by Crippen LogP contribution is -2.45. The molecule has 6 nitrogen and oxygen atoms in total. The smallest absolute Gasteiger partial charge is 0.250 e. The molecule has 6 heteroatoms. The van der Waals surface area contributed by atoms with Gasteiger partial charge in [0.25, 0.3) is 0 Å². The molecule has 0 radical (unpaired) electrons. The van der Waals surface area contributed by atoms with Gasteiger partial charge in [-0.05, 0) is 26.0 Å². The number of amides is 1. The average molecular weight is 279 g/mol. The van der Waals surface area contributed by atoms with E-state index in [9.17, 15) is 4.79 Å². The third kappa shape index (κ3) is 3.91. The normalized spacial score (nSPS) is 22.6. The second kappa shape index (κ2) is 6.67. The van der Waals surface area contributed by atoms with Crippen molar-refractivity contribution in [1.82, 2.24) is 4.98 Å². The van der Waals surface area contributed by atoms with Gasteiger partial charge in [-0.2, -0.15) is 0 Å². The molecule has 1 aromatic heterocycles. The van der Waals surface area contributed by atoms with Gasteiger partial charge in [-0.25, -0.2) is 4.98 Å². The Bertz CT molecular complexity index is 439. The number of anilines is 2. The second-order valence-corrected chi connectivity index (χ2v) is 5.05. The number of nitrogens with one attached hydrogen (secondary N) is 1. The van der Waals surface area contributed by atoms with Gasteiger partial charge in [0.2, 0.25) is 5.91 Å². The first-order valence-electron chi connectivity index (χ1n) is 6.73. The predicted octanol–water partition coefficient (Wildman–Crippen LogP) is 1.28. The summed E-state index contributed by atoms with van der Waals surface area (Å²) in [6.07, 6.45) is 2.05. The van der Waals surface area contributed by atoms with Crippen LogP contribution in [0.4, 0.5) is 11.5 Å². The van der Waals surface area contributed by atoms with Crippen molar-refractivity contribution in [2.45, 2.75) is 26.1 Å². The van der Waals surface area contributed by atoms with Crippen molar-refractivity contribution in [2.75, 3.05) is 37.0 Å². The topological polar surface area (TPSA) is 63.7 Å². The van der Waals surface area contributed by atoms with Gasteiger partial charge >= 0.3 is 0 Å². The van der Waals surface area contributed by atoms with Crippen LogP contribution in [0.25, 0.3) is 0 Å². The Morgan fingerprint density at radius 1 is 1.45 bits per heavy atom. The number of carbonyl (C=O) groups is 1. The zero-order chi connectivity index (χ0) is 14.5. The number of rotatable bonds is 4. The van der Waals surface area contributed by atoms with Crippen LogP contribution in [-0.2, 0) is 14.3 Å². The molecule has 1 aromatic rings. The minimum Gasteiger partial charge on any atom is -0.375 e. The maximum Gasteiger partial charge on any atom is 0.250 e. The van der Waals surface area contributed by atoms with Crippen molar-refractivity contribution in [1.29, 1.82) is 0 Å². The van der Waals surface area contributed by atoms with Crippen LogP contribution in [0.5, 0.6) is 0 Å². The average Bonchev–Trinajstić information content (AvgIpc) is 2.38. The second-order valence-electron chi connectivity index (χ2n) is 5.05. The van der Waals surface area contributed by atoms with Gasteiger partial charge in [0.15, 0.2) is 0 Å². The first kappa shape index (κ1) is 14.7. The molecular formula is C14H21N3O3. The van der Waals surface area contributed by atoms with Crippen LogP contribution in [0.1, 0.15) is 13.8 Å². The van der Waals surface area contributed by atoms with Crippen LogP contribution in [0.3, 0.4) is 0 Å². The molecule has 0 aromatic carbocycles. The van der Waals surface area contributed by atoms with E-state index in [0.717, 1.165) is 18.9 Å². The zero-order valence-electron chi connectivity index (χ0n) is 12.1. The molecule has 1 amide bonds. The van der Waals surface area contributed by atoms with Gasteiger partial charge in [-0.3, -0.25) is 4.79 Å². The van der Waals surface area contributed by atoms with E-state index >= 15 is 0 Å². The number of hydrogen-bond acceptors (Lipinski definition) is 5. The largest absolute Gasteiger partial charge is 0.375 e. The zero-order valence-corrected chi connectivity index (χ0v) is 12.1. The van der Waals surface area contributed by atoms with Crippen molar-refractivity contribution in [3.8, 4) is 0 Å². The standard InChI is InChI=1S/C14H21N3O3/c1-10-7-17(8-11(2)20-10)13-5-4-12(6-15-13)16-14(18)9-19-3/h4-6,10-11H,7-9H2,1-3H3,(H,16,18). The molecule has 1 aliphatic heterocycles. The van der Waals surface area contributed by atoms with Gasteiger partial charge < -0.3 is 19.7 Å². The number of morpholine rings is 1. The molecule has 110 valence electrons. The molecule has 2 rings (SSSR count). The summed E-state index contributed by atoms with van der Waals surface area (Å²) in [5.74, 6) is 0.715. The fraction of sp³-hybridized carbons (Fsp3) is 0.571. The number of pyridine rings is 1. The highest BCUT2D eigenvalue weighted by Crippen LogP contribution is 2.19. The first-order chi connectivity index (χ1) is 9.58. The van der Waals surface area contributed by atoms with Gasteiger partial charge in [0.05, 0.1) is 24.1 Å². The lowest BCUT2D eigenvalue weighted by Gasteiger charge is -2.36. The minimum absolute atomic E-state index is 0.0419. The maximum atomic E-state index is 11.4.